The molecule has 3 unspecified atom stereocenters. The van der Waals surface area contributed by atoms with Crippen LogP contribution in [0.25, 0.3) is 22.1 Å². The van der Waals surface area contributed by atoms with E-state index in [0.717, 1.165) is 30.5 Å². The first-order chi connectivity index (χ1) is 38.5. The molecule has 0 N–H and O–H groups in total. The van der Waals surface area contributed by atoms with Crippen LogP contribution in [-0.4, -0.2) is 6.71 Å². The third kappa shape index (κ3) is 7.66. The second kappa shape index (κ2) is 17.4. The van der Waals surface area contributed by atoms with Crippen molar-refractivity contribution in [2.24, 2.45) is 5.41 Å². The Morgan fingerprint density at radius 3 is 1.62 bits per heavy atom. The van der Waals surface area contributed by atoms with E-state index < -0.39 is 0 Å². The fourth-order valence-corrected chi connectivity index (χ4v) is 17.3. The lowest BCUT2D eigenvalue weighted by atomic mass is 9.32. The molecule has 0 bridgehead atoms. The second-order valence-electron chi connectivity index (χ2n) is 31.9. The Bertz CT molecular complexity index is 3890. The lowest BCUT2D eigenvalue weighted by Gasteiger charge is -2.50. The molecular formula is C78H89BN2O. The molecule has 1 fully saturated rings. The van der Waals surface area contributed by atoms with Crippen LogP contribution in [-0.2, 0) is 37.9 Å². The van der Waals surface area contributed by atoms with E-state index in [9.17, 15) is 0 Å². The van der Waals surface area contributed by atoms with Crippen LogP contribution in [0.3, 0.4) is 0 Å². The van der Waals surface area contributed by atoms with Gasteiger partial charge in [-0.15, -0.1) is 0 Å². The Morgan fingerprint density at radius 1 is 0.512 bits per heavy atom. The minimum absolute atomic E-state index is 0.00513. The van der Waals surface area contributed by atoms with Gasteiger partial charge in [0, 0.05) is 39.7 Å². The average Bonchev–Trinajstić information content (AvgIpc) is 1.48. The topological polar surface area (TPSA) is 19.6 Å². The fraction of sp³-hybridized carbons (Fsp3) is 0.436. The van der Waals surface area contributed by atoms with Crippen LogP contribution in [0, 0.1) is 12.3 Å². The summed E-state index contributed by atoms with van der Waals surface area (Å²) in [6.07, 6.45) is 9.48. The van der Waals surface area contributed by atoms with Gasteiger partial charge in [-0.3, -0.25) is 0 Å². The highest BCUT2D eigenvalue weighted by atomic mass is 16.3. The number of aryl methyl sites for hydroxylation is 1. The molecule has 1 aromatic heterocycles. The molecule has 0 radical (unpaired) electrons. The van der Waals surface area contributed by atoms with Crippen LogP contribution in [0.5, 0.6) is 0 Å². The van der Waals surface area contributed by atoms with Crippen molar-refractivity contribution in [2.45, 2.75) is 213 Å². The molecule has 4 heteroatoms. The van der Waals surface area contributed by atoms with E-state index in [4.69, 9.17) is 4.42 Å². The maximum Gasteiger partial charge on any atom is 0.293 e. The van der Waals surface area contributed by atoms with E-state index in [0.29, 0.717) is 0 Å². The minimum atomic E-state index is -0.129. The molecule has 0 amide bonds. The monoisotopic (exact) mass is 1080 g/mol. The van der Waals surface area contributed by atoms with Crippen molar-refractivity contribution in [3.63, 3.8) is 0 Å². The number of hydrogen-bond acceptors (Lipinski definition) is 3. The molecule has 3 heterocycles. The second-order valence-corrected chi connectivity index (χ2v) is 31.9. The third-order valence-electron chi connectivity index (χ3n) is 22.8. The molecule has 2 aliphatic heterocycles. The summed E-state index contributed by atoms with van der Waals surface area (Å²) in [6, 6.07) is 51.3. The summed E-state index contributed by atoms with van der Waals surface area (Å²) in [7, 11) is 0. The highest BCUT2D eigenvalue weighted by Gasteiger charge is 2.63. The average molecular weight is 1080 g/mol. The zero-order valence-corrected chi connectivity index (χ0v) is 52.7. The first kappa shape index (κ1) is 53.7. The van der Waals surface area contributed by atoms with Crippen molar-refractivity contribution in [1.29, 1.82) is 0 Å². The Hall–Kier alpha value is -6.26. The van der Waals surface area contributed by atoms with Crippen molar-refractivity contribution in [3.05, 3.63) is 183 Å². The van der Waals surface area contributed by atoms with Gasteiger partial charge < -0.3 is 14.2 Å². The highest BCUT2D eigenvalue weighted by molar-refractivity contribution is 6.98. The lowest BCUT2D eigenvalue weighted by Crippen LogP contribution is -2.62. The largest absolute Gasteiger partial charge is 0.468 e. The SMILES string of the molecule is Cc1cc2c(cc1N1c3cc(N(c4ccc(C(C)(C)C)cc4)c4ccc(C(C)(C)C)cc4)cc4c3B(c3cc(-c5ccccc5)cc5c3C4C3(C)CCCCC53C)c3oc4cc5c(cc4c31)C(C)(C)CCC5(C)C)C(C)(C)CCC2(C)C. The maximum atomic E-state index is 7.95. The summed E-state index contributed by atoms with van der Waals surface area (Å²) >= 11 is 0. The number of nitrogens with zero attached hydrogens (tertiary/aromatic N) is 2. The van der Waals surface area contributed by atoms with Gasteiger partial charge in [0.25, 0.3) is 6.71 Å². The quantitative estimate of drug-likeness (QED) is 0.160. The normalized spacial score (nSPS) is 23.1. The molecule has 0 saturated heterocycles. The first-order valence-electron chi connectivity index (χ1n) is 31.5. The Labute approximate surface area is 492 Å². The highest BCUT2D eigenvalue weighted by Crippen LogP contribution is 2.68. The van der Waals surface area contributed by atoms with E-state index >= 15 is 0 Å². The predicted octanol–water partition coefficient (Wildman–Crippen LogP) is 19.8. The summed E-state index contributed by atoms with van der Waals surface area (Å²) in [6.45, 7) is 41.5. The molecule has 82 heavy (non-hydrogen) atoms. The summed E-state index contributed by atoms with van der Waals surface area (Å²) in [5.74, 6) is 0.178. The Kier molecular flexibility index (Phi) is 11.4. The van der Waals surface area contributed by atoms with Gasteiger partial charge in [-0.1, -0.05) is 202 Å². The van der Waals surface area contributed by atoms with Gasteiger partial charge in [0.2, 0.25) is 0 Å². The molecule has 3 atom stereocenters. The van der Waals surface area contributed by atoms with Crippen LogP contribution >= 0.6 is 0 Å². The van der Waals surface area contributed by atoms with Gasteiger partial charge in [-0.05, 0) is 216 Å². The number of anilines is 6. The number of fused-ring (bicyclic) bond motifs is 11. The maximum absolute atomic E-state index is 7.95. The molecule has 6 aliphatic rings. The summed E-state index contributed by atoms with van der Waals surface area (Å²) < 4.78 is 7.95. The molecule has 0 spiro atoms. The standard InChI is InChI=1S/C78H89BN2O/c1-47-39-57-59(75(12,13)37-35-73(57,8)9)45-63(47)81-64-43-54(80(52-29-25-50(26-30-52)71(2,3)4)53-31-27-51(28-32-53)72(5,6)7)42-56-67-66-61(77(16)33-21-22-34-78(67,77)17)40-49(48-23-19-18-20-24-48)41-62(66)79(68(56)64)70-69(81)55-44-58-60(46-65(55)82-70)76(14,15)38-36-74(58,10)11/h18-20,23-32,39-46,67H,21-22,33-38H2,1-17H3. The van der Waals surface area contributed by atoms with Crippen LogP contribution in [0.4, 0.5) is 34.1 Å². The summed E-state index contributed by atoms with van der Waals surface area (Å²) in [5.41, 5.74) is 29.5. The zero-order chi connectivity index (χ0) is 57.8. The predicted molar refractivity (Wildman–Crippen MR) is 351 cm³/mol. The molecule has 420 valence electrons. The third-order valence-corrected chi connectivity index (χ3v) is 22.8. The van der Waals surface area contributed by atoms with Gasteiger partial charge >= 0.3 is 0 Å². The summed E-state index contributed by atoms with van der Waals surface area (Å²) in [4.78, 5) is 5.37. The molecule has 4 aliphatic carbocycles. The van der Waals surface area contributed by atoms with Crippen molar-refractivity contribution in [1.82, 2.24) is 0 Å². The molecule has 3 nitrogen and oxygen atoms in total. The van der Waals surface area contributed by atoms with Crippen molar-refractivity contribution >= 4 is 68.4 Å². The van der Waals surface area contributed by atoms with Crippen molar-refractivity contribution in [3.8, 4) is 11.1 Å². The van der Waals surface area contributed by atoms with Gasteiger partial charge in [0.15, 0.2) is 0 Å². The Morgan fingerprint density at radius 2 is 1.05 bits per heavy atom. The van der Waals surface area contributed by atoms with E-state index in [1.807, 2.05) is 0 Å². The van der Waals surface area contributed by atoms with E-state index in [2.05, 4.69) is 255 Å². The first-order valence-corrected chi connectivity index (χ1v) is 31.5. The lowest BCUT2D eigenvalue weighted by molar-refractivity contribution is 0.0926. The Balaban J connectivity index is 1.15. The number of benzene rings is 7. The summed E-state index contributed by atoms with van der Waals surface area (Å²) in [5, 5.41) is 1.23. The molecule has 8 aromatic rings. The molecular weight excluding hydrogens is 992 g/mol. The van der Waals surface area contributed by atoms with Crippen molar-refractivity contribution < 1.29 is 4.42 Å². The van der Waals surface area contributed by atoms with E-state index in [1.54, 1.807) is 11.1 Å². The van der Waals surface area contributed by atoms with Gasteiger partial charge in [-0.2, -0.15) is 0 Å². The zero-order valence-electron chi connectivity index (χ0n) is 52.7. The molecule has 1 saturated carbocycles. The molecule has 7 aromatic carbocycles. The number of furan rings is 1. The van der Waals surface area contributed by atoms with Crippen LogP contribution in [0.2, 0.25) is 0 Å². The smallest absolute Gasteiger partial charge is 0.293 e. The number of hydrogen-bond donors (Lipinski definition) is 0. The van der Waals surface area contributed by atoms with Crippen LogP contribution in [0.1, 0.15) is 224 Å². The minimum Gasteiger partial charge on any atom is -0.468 e. The van der Waals surface area contributed by atoms with Gasteiger partial charge in [0.05, 0.1) is 11.3 Å². The van der Waals surface area contributed by atoms with Crippen LogP contribution < -0.4 is 26.4 Å². The van der Waals surface area contributed by atoms with E-state index in [1.165, 1.54) is 138 Å². The van der Waals surface area contributed by atoms with E-state index in [-0.39, 0.29) is 56.0 Å². The number of rotatable bonds is 5. The van der Waals surface area contributed by atoms with Crippen molar-refractivity contribution in [2.75, 3.05) is 9.80 Å². The van der Waals surface area contributed by atoms with Crippen LogP contribution in [0.15, 0.2) is 132 Å². The molecule has 14 rings (SSSR count). The fourth-order valence-electron chi connectivity index (χ4n) is 17.3. The van der Waals surface area contributed by atoms with Gasteiger partial charge in [-0.25, -0.2) is 0 Å². The van der Waals surface area contributed by atoms with Gasteiger partial charge in [0.1, 0.15) is 5.58 Å².